The molecular formula is C12H19F3N2O. The summed E-state index contributed by atoms with van der Waals surface area (Å²) in [7, 11) is 0. The molecule has 0 bridgehead atoms. The molecule has 1 heterocycles. The first kappa shape index (κ1) is 15.0. The van der Waals surface area contributed by atoms with Crippen LogP contribution in [0.1, 0.15) is 31.9 Å². The van der Waals surface area contributed by atoms with Crippen molar-refractivity contribution in [1.29, 1.82) is 0 Å². The number of oxazole rings is 1. The van der Waals surface area contributed by atoms with E-state index in [9.17, 15) is 13.2 Å². The van der Waals surface area contributed by atoms with Crippen LogP contribution in [0.15, 0.2) is 10.6 Å². The van der Waals surface area contributed by atoms with Crippen LogP contribution < -0.4 is 5.32 Å². The summed E-state index contributed by atoms with van der Waals surface area (Å²) in [5.41, 5.74) is 0. The smallest absolute Gasteiger partial charge is 0.389 e. The minimum Gasteiger partial charge on any atom is -0.446 e. The van der Waals surface area contributed by atoms with Gasteiger partial charge in [-0.05, 0) is 12.5 Å². The number of nitrogens with one attached hydrogen (secondary N) is 1. The summed E-state index contributed by atoms with van der Waals surface area (Å²) in [5.74, 6) is 1.35. The maximum absolute atomic E-state index is 12.0. The first-order valence-electron chi connectivity index (χ1n) is 6.08. The molecule has 0 aliphatic rings. The minimum absolute atomic E-state index is 0.143. The molecule has 1 rings (SSSR count). The van der Waals surface area contributed by atoms with Crippen LogP contribution >= 0.6 is 0 Å². The molecule has 0 atom stereocenters. The molecule has 1 aromatic rings. The van der Waals surface area contributed by atoms with Crippen LogP contribution in [0.2, 0.25) is 0 Å². The highest BCUT2D eigenvalue weighted by atomic mass is 19.4. The van der Waals surface area contributed by atoms with Gasteiger partial charge in [0.25, 0.3) is 0 Å². The Morgan fingerprint density at radius 1 is 1.33 bits per heavy atom. The van der Waals surface area contributed by atoms with Crippen molar-refractivity contribution in [2.45, 2.75) is 39.3 Å². The molecule has 0 amide bonds. The van der Waals surface area contributed by atoms with Crippen molar-refractivity contribution in [1.82, 2.24) is 10.3 Å². The maximum atomic E-state index is 12.0. The largest absolute Gasteiger partial charge is 0.446 e. The molecule has 18 heavy (non-hydrogen) atoms. The van der Waals surface area contributed by atoms with Gasteiger partial charge in [-0.3, -0.25) is 0 Å². The zero-order valence-electron chi connectivity index (χ0n) is 10.7. The van der Waals surface area contributed by atoms with Gasteiger partial charge in [-0.2, -0.15) is 13.2 Å². The number of aromatic nitrogens is 1. The average Bonchev–Trinajstić information content (AvgIpc) is 2.68. The number of alkyl halides is 3. The fourth-order valence-corrected chi connectivity index (χ4v) is 1.43. The molecule has 0 saturated carbocycles. The van der Waals surface area contributed by atoms with Crippen molar-refractivity contribution in [3.63, 3.8) is 0 Å². The lowest BCUT2D eigenvalue weighted by Crippen LogP contribution is -2.22. The lowest BCUT2D eigenvalue weighted by molar-refractivity contribution is -0.134. The summed E-state index contributed by atoms with van der Waals surface area (Å²) < 4.78 is 41.2. The average molecular weight is 264 g/mol. The van der Waals surface area contributed by atoms with Crippen LogP contribution in [0.5, 0.6) is 0 Å². The third kappa shape index (κ3) is 6.64. The van der Waals surface area contributed by atoms with Crippen molar-refractivity contribution in [2.75, 3.05) is 13.1 Å². The quantitative estimate of drug-likeness (QED) is 0.769. The minimum atomic E-state index is -4.15. The first-order chi connectivity index (χ1) is 8.37. The van der Waals surface area contributed by atoms with E-state index in [0.29, 0.717) is 24.0 Å². The highest BCUT2D eigenvalue weighted by molar-refractivity contribution is 4.95. The molecular weight excluding hydrogens is 245 g/mol. The molecule has 0 radical (unpaired) electrons. The van der Waals surface area contributed by atoms with Crippen molar-refractivity contribution in [2.24, 2.45) is 5.92 Å². The van der Waals surface area contributed by atoms with Crippen LogP contribution in [0.4, 0.5) is 13.2 Å². The number of aryl methyl sites for hydroxylation is 1. The van der Waals surface area contributed by atoms with Crippen LogP contribution in [0.25, 0.3) is 0 Å². The molecule has 0 unspecified atom stereocenters. The van der Waals surface area contributed by atoms with Crippen molar-refractivity contribution in [3.05, 3.63) is 17.8 Å². The van der Waals surface area contributed by atoms with E-state index in [2.05, 4.69) is 24.1 Å². The fourth-order valence-electron chi connectivity index (χ4n) is 1.43. The Bertz CT molecular complexity index is 347. The SMILES string of the molecule is CC(C)CNCCc1ncc(CCC(F)(F)F)o1. The summed E-state index contributed by atoms with van der Waals surface area (Å²) in [4.78, 5) is 3.96. The molecule has 3 nitrogen and oxygen atoms in total. The topological polar surface area (TPSA) is 38.1 Å². The van der Waals surface area contributed by atoms with E-state index in [4.69, 9.17) is 4.42 Å². The van der Waals surface area contributed by atoms with Gasteiger partial charge in [0.15, 0.2) is 5.89 Å². The summed E-state index contributed by atoms with van der Waals surface area (Å²) >= 11 is 0. The second-order valence-corrected chi connectivity index (χ2v) is 4.68. The number of nitrogens with zero attached hydrogens (tertiary/aromatic N) is 1. The molecule has 0 aliphatic heterocycles. The zero-order valence-corrected chi connectivity index (χ0v) is 10.7. The third-order valence-corrected chi connectivity index (χ3v) is 2.32. The zero-order chi connectivity index (χ0) is 13.6. The standard InChI is InChI=1S/C12H19F3N2O/c1-9(2)7-16-6-4-11-17-8-10(18-11)3-5-12(13,14)15/h8-9,16H,3-7H2,1-2H3. The second-order valence-electron chi connectivity index (χ2n) is 4.68. The van der Waals surface area contributed by atoms with Gasteiger partial charge in [0, 0.05) is 19.4 Å². The van der Waals surface area contributed by atoms with E-state index in [1.54, 1.807) is 0 Å². The molecule has 1 aromatic heterocycles. The molecule has 0 aliphatic carbocycles. The monoisotopic (exact) mass is 264 g/mol. The van der Waals surface area contributed by atoms with Gasteiger partial charge in [0.1, 0.15) is 5.76 Å². The van der Waals surface area contributed by atoms with Gasteiger partial charge in [-0.15, -0.1) is 0 Å². The summed E-state index contributed by atoms with van der Waals surface area (Å²) in [6.07, 6.45) is -3.18. The highest BCUT2D eigenvalue weighted by Gasteiger charge is 2.27. The number of hydrogen-bond acceptors (Lipinski definition) is 3. The maximum Gasteiger partial charge on any atom is 0.389 e. The number of halogens is 3. The van der Waals surface area contributed by atoms with Gasteiger partial charge < -0.3 is 9.73 Å². The fraction of sp³-hybridized carbons (Fsp3) is 0.750. The predicted molar refractivity (Wildman–Crippen MR) is 62.3 cm³/mol. The summed E-state index contributed by atoms with van der Waals surface area (Å²) in [6.45, 7) is 5.83. The molecule has 0 aromatic carbocycles. The summed E-state index contributed by atoms with van der Waals surface area (Å²) in [6, 6.07) is 0. The van der Waals surface area contributed by atoms with E-state index in [0.717, 1.165) is 13.1 Å². The van der Waals surface area contributed by atoms with E-state index < -0.39 is 12.6 Å². The number of rotatable bonds is 7. The van der Waals surface area contributed by atoms with Crippen LogP contribution in [-0.4, -0.2) is 24.2 Å². The van der Waals surface area contributed by atoms with E-state index in [1.165, 1.54) is 6.20 Å². The van der Waals surface area contributed by atoms with Gasteiger partial charge in [-0.25, -0.2) is 4.98 Å². The molecule has 1 N–H and O–H groups in total. The molecule has 0 saturated heterocycles. The Kier molecular flexibility index (Phi) is 5.65. The second kappa shape index (κ2) is 6.78. The molecule has 104 valence electrons. The Balaban J connectivity index is 2.26. The Hall–Kier alpha value is -1.04. The van der Waals surface area contributed by atoms with Gasteiger partial charge >= 0.3 is 6.18 Å². The van der Waals surface area contributed by atoms with Gasteiger partial charge in [0.2, 0.25) is 0 Å². The Morgan fingerprint density at radius 3 is 2.67 bits per heavy atom. The van der Waals surface area contributed by atoms with Gasteiger partial charge in [-0.1, -0.05) is 13.8 Å². The van der Waals surface area contributed by atoms with Crippen LogP contribution in [0, 0.1) is 5.92 Å². The molecule has 0 spiro atoms. The van der Waals surface area contributed by atoms with Crippen molar-refractivity contribution in [3.8, 4) is 0 Å². The third-order valence-electron chi connectivity index (χ3n) is 2.32. The van der Waals surface area contributed by atoms with Crippen LogP contribution in [-0.2, 0) is 12.8 Å². The Morgan fingerprint density at radius 2 is 2.06 bits per heavy atom. The predicted octanol–water partition coefficient (Wildman–Crippen LogP) is 2.96. The normalized spacial score (nSPS) is 12.3. The highest BCUT2D eigenvalue weighted by Crippen LogP contribution is 2.22. The molecule has 0 fully saturated rings. The number of hydrogen-bond donors (Lipinski definition) is 1. The van der Waals surface area contributed by atoms with E-state index in [1.807, 2.05) is 0 Å². The van der Waals surface area contributed by atoms with E-state index in [-0.39, 0.29) is 6.42 Å². The van der Waals surface area contributed by atoms with E-state index >= 15 is 0 Å². The Labute approximate surface area is 105 Å². The van der Waals surface area contributed by atoms with Crippen LogP contribution in [0.3, 0.4) is 0 Å². The summed E-state index contributed by atoms with van der Waals surface area (Å²) in [5, 5.41) is 3.22. The first-order valence-corrected chi connectivity index (χ1v) is 6.08. The van der Waals surface area contributed by atoms with Crippen molar-refractivity contribution < 1.29 is 17.6 Å². The lowest BCUT2D eigenvalue weighted by Gasteiger charge is -2.05. The van der Waals surface area contributed by atoms with Crippen molar-refractivity contribution >= 4 is 0 Å². The molecule has 6 heteroatoms. The lowest BCUT2D eigenvalue weighted by atomic mass is 10.2. The van der Waals surface area contributed by atoms with Gasteiger partial charge in [0.05, 0.1) is 12.6 Å².